The number of nitrogens with two attached hydrogens (primary N) is 1. The molecule has 19 nitrogen and oxygen atoms in total. The van der Waals surface area contributed by atoms with Crippen molar-refractivity contribution >= 4 is 20.2 Å². The summed E-state index contributed by atoms with van der Waals surface area (Å²) in [6.07, 6.45) is -13.2. The molecule has 0 aromatic heterocycles. The van der Waals surface area contributed by atoms with Crippen LogP contribution in [0, 0.1) is 0 Å². The van der Waals surface area contributed by atoms with Crippen molar-refractivity contribution in [3.8, 4) is 0 Å². The largest absolute Gasteiger partial charge is 1.00 e. The predicted molar refractivity (Wildman–Crippen MR) is 125 cm³/mol. The minimum Gasteiger partial charge on any atom is -0.748 e. The fraction of sp³-hybridized carbons (Fsp3) is 1.00. The molecule has 0 bridgehead atoms. The van der Waals surface area contributed by atoms with E-state index in [1.165, 1.54) is 0 Å². The van der Waals surface area contributed by atoms with Gasteiger partial charge in [0, 0.05) is 11.5 Å². The van der Waals surface area contributed by atoms with E-state index in [-0.39, 0.29) is 90.8 Å². The van der Waals surface area contributed by atoms with Crippen LogP contribution in [-0.2, 0) is 29.7 Å². The molecule has 0 radical (unpaired) electrons. The van der Waals surface area contributed by atoms with Crippen molar-refractivity contribution in [2.75, 3.05) is 37.8 Å². The van der Waals surface area contributed by atoms with Gasteiger partial charge >= 0.3 is 59.1 Å². The first-order valence-electron chi connectivity index (χ1n) is 11.5. The number of ether oxygens (including phenoxy) is 2. The van der Waals surface area contributed by atoms with Crippen LogP contribution in [0.5, 0.6) is 0 Å². The zero-order valence-electron chi connectivity index (χ0n) is 22.6. The summed E-state index contributed by atoms with van der Waals surface area (Å²) in [5, 5.41) is 84.8. The number of hydrogen-bond donors (Lipinski definition) is 11. The molecule has 0 saturated carbocycles. The monoisotopic (exact) mass is 664 g/mol. The molecule has 0 aliphatic carbocycles. The zero-order valence-corrected chi connectivity index (χ0v) is 28.2. The van der Waals surface area contributed by atoms with Crippen LogP contribution in [0.3, 0.4) is 0 Å². The normalized spacial score (nSPS) is 33.6. The maximum atomic E-state index is 10.4. The van der Waals surface area contributed by atoms with Crippen LogP contribution in [0.25, 0.3) is 0 Å². The summed E-state index contributed by atoms with van der Waals surface area (Å²) in [5.41, 5.74) is 4.93. The second-order valence-corrected chi connectivity index (χ2v) is 11.5. The van der Waals surface area contributed by atoms with Crippen LogP contribution in [0.15, 0.2) is 0 Å². The van der Waals surface area contributed by atoms with E-state index in [4.69, 9.17) is 41.1 Å². The van der Waals surface area contributed by atoms with Crippen molar-refractivity contribution in [2.24, 2.45) is 5.73 Å². The molecule has 0 aromatic carbocycles. The summed E-state index contributed by atoms with van der Waals surface area (Å²) in [7, 11) is -8.31. The summed E-state index contributed by atoms with van der Waals surface area (Å²) in [4.78, 5) is 0. The maximum Gasteiger partial charge on any atom is 1.00 e. The number of hydrogen-bond acceptors (Lipinski definition) is 19. The number of aliphatic hydroxyl groups is 9. The third kappa shape index (κ3) is 18.8. The van der Waals surface area contributed by atoms with Gasteiger partial charge in [-0.25, -0.2) is 16.8 Å². The van der Waals surface area contributed by atoms with Gasteiger partial charge in [0.2, 0.25) is 0 Å². The van der Waals surface area contributed by atoms with Gasteiger partial charge in [-0.05, 0) is 25.9 Å². The van der Waals surface area contributed by atoms with Crippen LogP contribution < -0.4 is 70.2 Å². The van der Waals surface area contributed by atoms with Gasteiger partial charge in [0.05, 0.1) is 33.5 Å². The number of rotatable bonds is 10. The molecular weight excluding hydrogens is 626 g/mol. The van der Waals surface area contributed by atoms with E-state index in [0.717, 1.165) is 0 Å². The van der Waals surface area contributed by atoms with Crippen LogP contribution in [0.2, 0.25) is 0 Å². The third-order valence-electron chi connectivity index (χ3n) is 5.27. The Hall–Kier alpha value is 1.30. The molecular formula is C18H38N2Na2O17S2. The van der Waals surface area contributed by atoms with Crippen molar-refractivity contribution in [1.82, 2.24) is 5.32 Å². The van der Waals surface area contributed by atoms with Gasteiger partial charge < -0.3 is 70.3 Å². The molecule has 2 rings (SSSR count). The van der Waals surface area contributed by atoms with Crippen LogP contribution >= 0.6 is 0 Å². The summed E-state index contributed by atoms with van der Waals surface area (Å²) >= 11 is 0. The molecule has 10 atom stereocenters. The average molecular weight is 665 g/mol. The van der Waals surface area contributed by atoms with E-state index < -0.39 is 101 Å². The molecule has 1 unspecified atom stereocenters. The first-order chi connectivity index (χ1) is 17.9. The second kappa shape index (κ2) is 22.7. The zero-order chi connectivity index (χ0) is 30.6. The smallest absolute Gasteiger partial charge is 0.748 e. The van der Waals surface area contributed by atoms with Crippen LogP contribution in [-0.4, -0.2) is 171 Å². The van der Waals surface area contributed by atoms with Crippen LogP contribution in [0.1, 0.15) is 12.8 Å². The fourth-order valence-corrected chi connectivity index (χ4v) is 4.12. The Morgan fingerprint density at radius 2 is 1.07 bits per heavy atom. The molecule has 2 aliphatic rings. The van der Waals surface area contributed by atoms with E-state index in [2.05, 4.69) is 10.1 Å². The molecule has 236 valence electrons. The molecule has 2 aliphatic heterocycles. The van der Waals surface area contributed by atoms with E-state index in [1.54, 1.807) is 0 Å². The summed E-state index contributed by atoms with van der Waals surface area (Å²) < 4.78 is 70.1. The van der Waals surface area contributed by atoms with Gasteiger partial charge in [-0.2, -0.15) is 0 Å². The molecule has 0 aromatic rings. The summed E-state index contributed by atoms with van der Waals surface area (Å²) in [6, 6.07) is 0. The Balaban J connectivity index is -0.000000566. The van der Waals surface area contributed by atoms with Gasteiger partial charge in [-0.3, -0.25) is 5.32 Å². The minimum absolute atomic E-state index is 0. The van der Waals surface area contributed by atoms with Crippen molar-refractivity contribution in [1.29, 1.82) is 0 Å². The maximum absolute atomic E-state index is 10.4. The fourth-order valence-electron chi connectivity index (χ4n) is 3.11. The Kier molecular flexibility index (Phi) is 25.9. The summed E-state index contributed by atoms with van der Waals surface area (Å²) in [6.45, 7) is -0.758. The van der Waals surface area contributed by atoms with Gasteiger partial charge in [0.1, 0.15) is 55.1 Å². The Morgan fingerprint density at radius 1 is 0.659 bits per heavy atom. The van der Waals surface area contributed by atoms with Crippen molar-refractivity contribution in [2.45, 2.75) is 74.2 Å². The molecule has 0 spiro atoms. The van der Waals surface area contributed by atoms with Crippen molar-refractivity contribution < 1.29 is 140 Å². The van der Waals surface area contributed by atoms with E-state index in [0.29, 0.717) is 0 Å². The third-order valence-corrected chi connectivity index (χ3v) is 6.85. The van der Waals surface area contributed by atoms with Crippen LogP contribution in [0.4, 0.5) is 0 Å². The molecule has 2 saturated heterocycles. The quantitative estimate of drug-likeness (QED) is 0.0586. The Bertz CT molecular complexity index is 884. The average Bonchev–Trinajstić information content (AvgIpc) is 2.85. The van der Waals surface area contributed by atoms with Crippen molar-refractivity contribution in [3.63, 3.8) is 0 Å². The molecule has 2 fully saturated rings. The molecule has 41 heavy (non-hydrogen) atoms. The Labute approximate surface area is 281 Å². The first-order valence-corrected chi connectivity index (χ1v) is 14.6. The predicted octanol–water partition coefficient (Wildman–Crippen LogP) is -14.0. The van der Waals surface area contributed by atoms with Gasteiger partial charge in [-0.1, -0.05) is 0 Å². The standard InChI is InChI=1S/C9H19NO8S.C6H12O6.C3H9NO3S.2Na/c11-4-5-6(12)7(13)8(14)9(18-5)10-2-1-3-19(15,16)17;7-1-2-3(8)4(9)5(10)6(11)12-2;4-2-1-3-8(5,6)7;;/h5-14H,1-4H2,(H,15,16,17);2-11H,1H2;1-4H2,(H,5,6,7);;/q;;;2*+1/p-2/t5-,6-,7+,8-,9?;2-,3-,4+,5-,6+;;;/m11.../s1. The number of nitrogens with one attached hydrogen (secondary N) is 1. The van der Waals surface area contributed by atoms with Gasteiger partial charge in [0.15, 0.2) is 6.29 Å². The Morgan fingerprint density at radius 3 is 1.46 bits per heavy atom. The van der Waals surface area contributed by atoms with Gasteiger partial charge in [-0.15, -0.1) is 0 Å². The topological polar surface area (TPSA) is 353 Å². The molecule has 2 heterocycles. The van der Waals surface area contributed by atoms with E-state index in [9.17, 15) is 41.3 Å². The molecule has 0 amide bonds. The van der Waals surface area contributed by atoms with E-state index in [1.807, 2.05) is 0 Å². The summed E-state index contributed by atoms with van der Waals surface area (Å²) in [5.74, 6) is -0.902. The molecule has 12 N–H and O–H groups in total. The molecule has 23 heteroatoms. The van der Waals surface area contributed by atoms with Crippen molar-refractivity contribution in [3.05, 3.63) is 0 Å². The first kappa shape index (κ1) is 46.7. The van der Waals surface area contributed by atoms with Gasteiger partial charge in [0.25, 0.3) is 0 Å². The van der Waals surface area contributed by atoms with E-state index >= 15 is 0 Å². The second-order valence-electron chi connectivity index (χ2n) is 8.44. The number of aliphatic hydroxyl groups excluding tert-OH is 9. The minimum atomic E-state index is -4.30. The SMILES string of the molecule is NCCCS(=O)(=O)[O-].O=S(=O)([O-])CCCNC1O[C@H](CO)[C@@H](O)[C@H](O)[C@H]1O.OC[C@H]1O[C@H](O)[C@H](O)[C@@H](O)[C@@H]1O.[Na+].[Na+].